The van der Waals surface area contributed by atoms with Gasteiger partial charge in [-0.25, -0.2) is 9.97 Å². The topological polar surface area (TPSA) is 61.0 Å². The minimum Gasteiger partial charge on any atom is -0.383 e. The Labute approximate surface area is 116 Å². The van der Waals surface area contributed by atoms with Crippen LogP contribution in [0.1, 0.15) is 31.8 Å². The van der Waals surface area contributed by atoms with Crippen molar-refractivity contribution in [1.82, 2.24) is 9.97 Å². The van der Waals surface area contributed by atoms with Crippen LogP contribution in [0.2, 0.25) is 0 Å². The van der Waals surface area contributed by atoms with Crippen LogP contribution in [0, 0.1) is 11.8 Å². The van der Waals surface area contributed by atoms with Gasteiger partial charge in [-0.2, -0.15) is 0 Å². The van der Waals surface area contributed by atoms with E-state index >= 15 is 0 Å². The molecule has 0 radical (unpaired) electrons. The summed E-state index contributed by atoms with van der Waals surface area (Å²) < 4.78 is 6.23. The number of halogens is 1. The van der Waals surface area contributed by atoms with Gasteiger partial charge in [0, 0.05) is 19.6 Å². The van der Waals surface area contributed by atoms with E-state index in [1.165, 1.54) is 0 Å². The van der Waals surface area contributed by atoms with Gasteiger partial charge in [-0.05, 0) is 40.6 Å². The van der Waals surface area contributed by atoms with Gasteiger partial charge in [0.05, 0.1) is 10.2 Å². The third-order valence-electron chi connectivity index (χ3n) is 3.09. The quantitative estimate of drug-likeness (QED) is 0.928. The Bertz CT molecular complexity index is 417. The predicted molar refractivity (Wildman–Crippen MR) is 75.3 cm³/mol. The molecule has 0 aromatic carbocycles. The molecule has 0 amide bonds. The highest BCUT2D eigenvalue weighted by atomic mass is 79.9. The van der Waals surface area contributed by atoms with E-state index < -0.39 is 0 Å². The summed E-state index contributed by atoms with van der Waals surface area (Å²) in [6.45, 7) is 6.03. The highest BCUT2D eigenvalue weighted by Gasteiger charge is 2.19. The molecule has 1 saturated heterocycles. The van der Waals surface area contributed by atoms with Crippen LogP contribution in [-0.4, -0.2) is 23.2 Å². The molecule has 1 aliphatic heterocycles. The summed E-state index contributed by atoms with van der Waals surface area (Å²) in [6, 6.07) is 0. The lowest BCUT2D eigenvalue weighted by molar-refractivity contribution is 0.185. The first-order chi connectivity index (χ1) is 8.56. The molecular formula is C13H20BrN3O. The highest BCUT2D eigenvalue weighted by molar-refractivity contribution is 9.10. The molecule has 1 unspecified atom stereocenters. The predicted octanol–water partition coefficient (Wildman–Crippen LogP) is 2.60. The van der Waals surface area contributed by atoms with Crippen LogP contribution < -0.4 is 5.73 Å². The van der Waals surface area contributed by atoms with Crippen molar-refractivity contribution in [2.45, 2.75) is 33.1 Å². The van der Waals surface area contributed by atoms with E-state index in [4.69, 9.17) is 10.5 Å². The second-order valence-corrected chi connectivity index (χ2v) is 6.11. The van der Waals surface area contributed by atoms with Gasteiger partial charge in [0.1, 0.15) is 11.6 Å². The Morgan fingerprint density at radius 1 is 1.44 bits per heavy atom. The molecule has 1 fully saturated rings. The van der Waals surface area contributed by atoms with Crippen molar-refractivity contribution in [1.29, 1.82) is 0 Å². The fraction of sp³-hybridized carbons (Fsp3) is 0.692. The smallest absolute Gasteiger partial charge is 0.141 e. The van der Waals surface area contributed by atoms with Gasteiger partial charge in [0.15, 0.2) is 0 Å². The number of hydrogen-bond donors (Lipinski definition) is 1. The van der Waals surface area contributed by atoms with Crippen LogP contribution in [0.5, 0.6) is 0 Å². The van der Waals surface area contributed by atoms with Crippen LogP contribution in [-0.2, 0) is 17.6 Å². The van der Waals surface area contributed by atoms with Gasteiger partial charge in [0.25, 0.3) is 0 Å². The van der Waals surface area contributed by atoms with Crippen LogP contribution in [0.3, 0.4) is 0 Å². The van der Waals surface area contributed by atoms with Gasteiger partial charge in [0.2, 0.25) is 0 Å². The zero-order valence-electron chi connectivity index (χ0n) is 10.9. The van der Waals surface area contributed by atoms with Crippen LogP contribution >= 0.6 is 15.9 Å². The second kappa shape index (κ2) is 5.97. The number of rotatable bonds is 4. The molecule has 0 aliphatic carbocycles. The minimum absolute atomic E-state index is 0.539. The van der Waals surface area contributed by atoms with Gasteiger partial charge in [-0.3, -0.25) is 0 Å². The Morgan fingerprint density at radius 2 is 2.22 bits per heavy atom. The first-order valence-electron chi connectivity index (χ1n) is 6.44. The zero-order chi connectivity index (χ0) is 13.1. The molecule has 1 aliphatic rings. The summed E-state index contributed by atoms with van der Waals surface area (Å²) in [6.07, 6.45) is 2.88. The highest BCUT2D eigenvalue weighted by Crippen LogP contribution is 2.25. The number of aromatic nitrogens is 2. The Balaban J connectivity index is 2.17. The van der Waals surface area contributed by atoms with Crippen molar-refractivity contribution in [3.8, 4) is 0 Å². The Hall–Kier alpha value is -0.680. The lowest BCUT2D eigenvalue weighted by atomic mass is 10.0. The fourth-order valence-corrected chi connectivity index (χ4v) is 2.52. The standard InChI is InChI=1S/C13H20BrN3O/c1-8(2)5-10-12(14)13(15)17-11(16-10)6-9-3-4-18-7-9/h8-9H,3-7H2,1-2H3,(H2,15,16,17). The molecular weight excluding hydrogens is 294 g/mol. The lowest BCUT2D eigenvalue weighted by Crippen LogP contribution is -2.12. The number of nitrogens with zero attached hydrogens (tertiary/aromatic N) is 2. The maximum Gasteiger partial charge on any atom is 0.141 e. The third-order valence-corrected chi connectivity index (χ3v) is 3.95. The van der Waals surface area contributed by atoms with Gasteiger partial charge < -0.3 is 10.5 Å². The molecule has 1 atom stereocenters. The first kappa shape index (κ1) is 13.7. The van der Waals surface area contributed by atoms with Crippen molar-refractivity contribution in [3.63, 3.8) is 0 Å². The van der Waals surface area contributed by atoms with Gasteiger partial charge >= 0.3 is 0 Å². The van der Waals surface area contributed by atoms with Crippen molar-refractivity contribution < 1.29 is 4.74 Å². The summed E-state index contributed by atoms with van der Waals surface area (Å²) in [5, 5.41) is 0. The minimum atomic E-state index is 0.539. The molecule has 4 nitrogen and oxygen atoms in total. The average Bonchev–Trinajstić information content (AvgIpc) is 2.77. The number of hydrogen-bond acceptors (Lipinski definition) is 4. The molecule has 0 bridgehead atoms. The average molecular weight is 314 g/mol. The molecule has 0 saturated carbocycles. The second-order valence-electron chi connectivity index (χ2n) is 5.32. The number of anilines is 1. The summed E-state index contributed by atoms with van der Waals surface area (Å²) in [5.41, 5.74) is 6.96. The lowest BCUT2D eigenvalue weighted by Gasteiger charge is -2.12. The molecule has 1 aromatic rings. The molecule has 2 rings (SSSR count). The van der Waals surface area contributed by atoms with Crippen molar-refractivity contribution in [2.75, 3.05) is 18.9 Å². The fourth-order valence-electron chi connectivity index (χ4n) is 2.18. The monoisotopic (exact) mass is 313 g/mol. The summed E-state index contributed by atoms with van der Waals surface area (Å²) >= 11 is 3.48. The number of nitrogens with two attached hydrogens (primary N) is 1. The molecule has 0 spiro atoms. The van der Waals surface area contributed by atoms with E-state index in [0.717, 1.165) is 48.5 Å². The van der Waals surface area contributed by atoms with E-state index in [1.807, 2.05) is 0 Å². The summed E-state index contributed by atoms with van der Waals surface area (Å²) in [7, 11) is 0. The largest absolute Gasteiger partial charge is 0.383 e. The zero-order valence-corrected chi connectivity index (χ0v) is 12.5. The molecule has 18 heavy (non-hydrogen) atoms. The van der Waals surface area contributed by atoms with E-state index in [-0.39, 0.29) is 0 Å². The Kier molecular flexibility index (Phi) is 4.56. The molecule has 100 valence electrons. The first-order valence-corrected chi connectivity index (χ1v) is 7.24. The summed E-state index contributed by atoms with van der Waals surface area (Å²) in [5.74, 6) is 2.49. The van der Waals surface area contributed by atoms with Crippen molar-refractivity contribution in [3.05, 3.63) is 16.0 Å². The van der Waals surface area contributed by atoms with E-state index in [9.17, 15) is 0 Å². The van der Waals surface area contributed by atoms with Crippen LogP contribution in [0.4, 0.5) is 5.82 Å². The van der Waals surface area contributed by atoms with Gasteiger partial charge in [-0.15, -0.1) is 0 Å². The SMILES string of the molecule is CC(C)Cc1nc(CC2CCOC2)nc(N)c1Br. The van der Waals surface area contributed by atoms with E-state index in [2.05, 4.69) is 39.7 Å². The van der Waals surface area contributed by atoms with Crippen molar-refractivity contribution in [2.24, 2.45) is 11.8 Å². The van der Waals surface area contributed by atoms with E-state index in [0.29, 0.717) is 17.7 Å². The maximum absolute atomic E-state index is 5.94. The third kappa shape index (κ3) is 3.42. The number of ether oxygens (including phenoxy) is 1. The van der Waals surface area contributed by atoms with Crippen molar-refractivity contribution >= 4 is 21.7 Å². The van der Waals surface area contributed by atoms with Gasteiger partial charge in [-0.1, -0.05) is 13.8 Å². The van der Waals surface area contributed by atoms with E-state index in [1.54, 1.807) is 0 Å². The molecule has 5 heteroatoms. The maximum atomic E-state index is 5.94. The van der Waals surface area contributed by atoms with Crippen LogP contribution in [0.15, 0.2) is 4.47 Å². The summed E-state index contributed by atoms with van der Waals surface area (Å²) in [4.78, 5) is 9.01. The molecule has 1 aromatic heterocycles. The van der Waals surface area contributed by atoms with Crippen LogP contribution in [0.25, 0.3) is 0 Å². The molecule has 2 N–H and O–H groups in total. The Morgan fingerprint density at radius 3 is 2.83 bits per heavy atom. The normalized spacial score (nSPS) is 19.7. The molecule has 2 heterocycles. The number of nitrogen functional groups attached to an aromatic ring is 1.